The summed E-state index contributed by atoms with van der Waals surface area (Å²) in [4.78, 5) is 26.6. The summed E-state index contributed by atoms with van der Waals surface area (Å²) in [6.07, 6.45) is 1.42. The van der Waals surface area contributed by atoms with Crippen LogP contribution in [-0.2, 0) is 16.0 Å². The minimum atomic E-state index is -0.0433. The van der Waals surface area contributed by atoms with Crippen LogP contribution in [0.4, 0.5) is 11.4 Å². The quantitative estimate of drug-likeness (QED) is 0.736. The standard InChI is InChI=1S/C23H28N2O2S/c1-5-16-7-6-8-19(13-16)25-21(27)15-28-22(25)17-9-11-18(12-10-17)24-20(26)14-23(2,3)4/h6-13,22H,5,14-15H2,1-4H3,(H,24,26)/t22-/m0/s1. The van der Waals surface area contributed by atoms with E-state index in [0.717, 1.165) is 23.4 Å². The van der Waals surface area contributed by atoms with Crippen LogP contribution in [0.15, 0.2) is 48.5 Å². The molecule has 5 heteroatoms. The highest BCUT2D eigenvalue weighted by molar-refractivity contribution is 8.00. The molecule has 0 radical (unpaired) electrons. The van der Waals surface area contributed by atoms with Crippen LogP contribution in [0.25, 0.3) is 0 Å². The lowest BCUT2D eigenvalue weighted by Crippen LogP contribution is -2.27. The molecule has 0 aliphatic carbocycles. The molecule has 1 aliphatic heterocycles. The number of carbonyl (C=O) groups excluding carboxylic acids is 2. The van der Waals surface area contributed by atoms with E-state index in [0.29, 0.717) is 12.2 Å². The zero-order valence-corrected chi connectivity index (χ0v) is 17.8. The molecule has 148 valence electrons. The van der Waals surface area contributed by atoms with Crippen molar-refractivity contribution in [3.8, 4) is 0 Å². The number of nitrogens with zero attached hydrogens (tertiary/aromatic N) is 1. The first-order chi connectivity index (χ1) is 13.3. The Balaban J connectivity index is 1.76. The highest BCUT2D eigenvalue weighted by Gasteiger charge is 2.34. The molecule has 0 spiro atoms. The van der Waals surface area contributed by atoms with Gasteiger partial charge in [-0.2, -0.15) is 0 Å². The lowest BCUT2D eigenvalue weighted by Gasteiger charge is -2.25. The van der Waals surface area contributed by atoms with E-state index in [2.05, 4.69) is 24.4 Å². The number of aryl methyl sites for hydroxylation is 1. The number of anilines is 2. The zero-order chi connectivity index (χ0) is 20.3. The van der Waals surface area contributed by atoms with Crippen molar-refractivity contribution >= 4 is 35.0 Å². The van der Waals surface area contributed by atoms with Crippen molar-refractivity contribution < 1.29 is 9.59 Å². The van der Waals surface area contributed by atoms with Crippen LogP contribution in [0.2, 0.25) is 0 Å². The SMILES string of the molecule is CCc1cccc(N2C(=O)CS[C@H]2c2ccc(NC(=O)CC(C)(C)C)cc2)c1. The third-order valence-electron chi connectivity index (χ3n) is 4.64. The summed E-state index contributed by atoms with van der Waals surface area (Å²) in [5, 5.41) is 2.91. The molecule has 0 unspecified atom stereocenters. The van der Waals surface area contributed by atoms with Gasteiger partial charge in [-0.05, 0) is 47.2 Å². The molecule has 0 bridgehead atoms. The van der Waals surface area contributed by atoms with E-state index in [-0.39, 0.29) is 22.6 Å². The van der Waals surface area contributed by atoms with E-state index in [1.807, 2.05) is 62.1 Å². The molecule has 2 aromatic rings. The lowest BCUT2D eigenvalue weighted by atomic mass is 9.92. The van der Waals surface area contributed by atoms with E-state index in [4.69, 9.17) is 0 Å². The molecule has 28 heavy (non-hydrogen) atoms. The molecule has 1 N–H and O–H groups in total. The number of amides is 2. The minimum Gasteiger partial charge on any atom is -0.326 e. The average Bonchev–Trinajstić information content (AvgIpc) is 3.02. The van der Waals surface area contributed by atoms with E-state index in [1.54, 1.807) is 11.8 Å². The highest BCUT2D eigenvalue weighted by atomic mass is 32.2. The predicted molar refractivity (Wildman–Crippen MR) is 118 cm³/mol. The summed E-state index contributed by atoms with van der Waals surface area (Å²) in [5.74, 6) is 0.625. The van der Waals surface area contributed by atoms with Crippen molar-refractivity contribution in [1.82, 2.24) is 0 Å². The Hall–Kier alpha value is -2.27. The van der Waals surface area contributed by atoms with Gasteiger partial charge in [0.25, 0.3) is 0 Å². The van der Waals surface area contributed by atoms with Gasteiger partial charge in [-0.25, -0.2) is 0 Å². The first kappa shape index (κ1) is 20.5. The molecule has 4 nitrogen and oxygen atoms in total. The first-order valence-electron chi connectivity index (χ1n) is 9.69. The monoisotopic (exact) mass is 396 g/mol. The second-order valence-corrected chi connectivity index (χ2v) is 9.43. The summed E-state index contributed by atoms with van der Waals surface area (Å²) in [5.41, 5.74) is 3.97. The highest BCUT2D eigenvalue weighted by Crippen LogP contribution is 2.42. The number of hydrogen-bond acceptors (Lipinski definition) is 3. The van der Waals surface area contributed by atoms with Crippen LogP contribution in [0.3, 0.4) is 0 Å². The molecule has 1 saturated heterocycles. The van der Waals surface area contributed by atoms with E-state index >= 15 is 0 Å². The van der Waals surface area contributed by atoms with Crippen molar-refractivity contribution in [1.29, 1.82) is 0 Å². The average molecular weight is 397 g/mol. The first-order valence-corrected chi connectivity index (χ1v) is 10.7. The number of thioether (sulfide) groups is 1. The van der Waals surface area contributed by atoms with Crippen molar-refractivity contribution in [2.24, 2.45) is 5.41 Å². The third kappa shape index (κ3) is 4.96. The van der Waals surface area contributed by atoms with Gasteiger partial charge in [0.05, 0.1) is 5.75 Å². The van der Waals surface area contributed by atoms with Gasteiger partial charge in [-0.3, -0.25) is 14.5 Å². The fourth-order valence-electron chi connectivity index (χ4n) is 3.29. The normalized spacial score (nSPS) is 17.1. The van der Waals surface area contributed by atoms with Gasteiger partial charge in [-0.15, -0.1) is 11.8 Å². The molecule has 1 heterocycles. The molecule has 1 aliphatic rings. The Morgan fingerprint density at radius 3 is 2.54 bits per heavy atom. The maximum atomic E-state index is 12.6. The van der Waals surface area contributed by atoms with Gasteiger partial charge in [0.15, 0.2) is 0 Å². The zero-order valence-electron chi connectivity index (χ0n) is 17.0. The Bertz CT molecular complexity index is 856. The molecule has 2 aromatic carbocycles. The van der Waals surface area contributed by atoms with Crippen molar-refractivity contribution in [3.63, 3.8) is 0 Å². The Morgan fingerprint density at radius 1 is 1.18 bits per heavy atom. The molecular formula is C23H28N2O2S. The molecule has 1 fully saturated rings. The summed E-state index contributed by atoms with van der Waals surface area (Å²) in [6, 6.07) is 16.0. The number of hydrogen-bond donors (Lipinski definition) is 1. The molecule has 0 aromatic heterocycles. The number of carbonyl (C=O) groups is 2. The second-order valence-electron chi connectivity index (χ2n) is 8.36. The van der Waals surface area contributed by atoms with Crippen molar-refractivity contribution in [2.45, 2.75) is 45.9 Å². The minimum absolute atomic E-state index is 0.0173. The van der Waals surface area contributed by atoms with Crippen LogP contribution < -0.4 is 10.2 Å². The van der Waals surface area contributed by atoms with E-state index in [1.165, 1.54) is 5.56 Å². The molecule has 1 atom stereocenters. The van der Waals surface area contributed by atoms with Crippen molar-refractivity contribution in [2.75, 3.05) is 16.0 Å². The maximum absolute atomic E-state index is 12.6. The molecule has 3 rings (SSSR count). The van der Waals surface area contributed by atoms with Crippen LogP contribution in [-0.4, -0.2) is 17.6 Å². The van der Waals surface area contributed by atoms with Gasteiger partial charge in [-0.1, -0.05) is 52.0 Å². The van der Waals surface area contributed by atoms with Crippen molar-refractivity contribution in [3.05, 3.63) is 59.7 Å². The van der Waals surface area contributed by atoms with Gasteiger partial charge in [0.2, 0.25) is 11.8 Å². The molecule has 0 saturated carbocycles. The van der Waals surface area contributed by atoms with E-state index < -0.39 is 0 Å². The Kier molecular flexibility index (Phi) is 6.14. The Labute approximate surface area is 171 Å². The lowest BCUT2D eigenvalue weighted by molar-refractivity contribution is -0.118. The summed E-state index contributed by atoms with van der Waals surface area (Å²) >= 11 is 1.64. The third-order valence-corrected chi connectivity index (χ3v) is 5.85. The number of benzene rings is 2. The summed E-state index contributed by atoms with van der Waals surface area (Å²) in [6.45, 7) is 8.26. The van der Waals surface area contributed by atoms with E-state index in [9.17, 15) is 9.59 Å². The Morgan fingerprint density at radius 2 is 1.89 bits per heavy atom. The van der Waals surface area contributed by atoms with Gasteiger partial charge in [0, 0.05) is 17.8 Å². The van der Waals surface area contributed by atoms with Gasteiger partial charge < -0.3 is 5.32 Å². The van der Waals surface area contributed by atoms with Gasteiger partial charge >= 0.3 is 0 Å². The summed E-state index contributed by atoms with van der Waals surface area (Å²) < 4.78 is 0. The number of rotatable bonds is 5. The summed E-state index contributed by atoms with van der Waals surface area (Å²) in [7, 11) is 0. The van der Waals surface area contributed by atoms with Crippen LogP contribution in [0.1, 0.15) is 50.6 Å². The predicted octanol–water partition coefficient (Wildman–Crippen LogP) is 5.40. The second kappa shape index (κ2) is 8.39. The molecule has 2 amide bonds. The maximum Gasteiger partial charge on any atom is 0.238 e. The largest absolute Gasteiger partial charge is 0.326 e. The van der Waals surface area contributed by atoms with Crippen LogP contribution in [0, 0.1) is 5.41 Å². The molecular weight excluding hydrogens is 368 g/mol. The smallest absolute Gasteiger partial charge is 0.238 e. The fraction of sp³-hybridized carbons (Fsp3) is 0.391. The van der Waals surface area contributed by atoms with Crippen LogP contribution >= 0.6 is 11.8 Å². The van der Waals surface area contributed by atoms with Gasteiger partial charge in [0.1, 0.15) is 5.37 Å². The number of nitrogens with one attached hydrogen (secondary N) is 1. The van der Waals surface area contributed by atoms with Crippen LogP contribution in [0.5, 0.6) is 0 Å². The fourth-order valence-corrected chi connectivity index (χ4v) is 4.47. The topological polar surface area (TPSA) is 49.4 Å².